The predicted octanol–water partition coefficient (Wildman–Crippen LogP) is 0.877. The van der Waals surface area contributed by atoms with Crippen molar-refractivity contribution in [3.8, 4) is 0 Å². The quantitative estimate of drug-likeness (QED) is 0.774. The highest BCUT2D eigenvalue weighted by Gasteiger charge is 2.34. The Morgan fingerprint density at radius 3 is 2.90 bits per heavy atom. The normalized spacial score (nSPS) is 24.8. The zero-order chi connectivity index (χ0) is 15.6. The molecule has 0 N–H and O–H groups in total. The summed E-state index contributed by atoms with van der Waals surface area (Å²) in [4.78, 5) is 15.8. The number of carbonyl (C=O) groups excluding carboxylic acids is 1. The SMILES string of the molecule is CC(Cl)C(=O)N(C)C[C@@H]1OCCN(C)[C@H]1c1cnn(C)c1. The minimum atomic E-state index is -0.520. The maximum Gasteiger partial charge on any atom is 0.240 e. The molecule has 7 heteroatoms. The minimum absolute atomic E-state index is 0.0848. The van der Waals surface area contributed by atoms with E-state index in [1.54, 1.807) is 23.6 Å². The number of nitrogens with zero attached hydrogens (tertiary/aromatic N) is 4. The van der Waals surface area contributed by atoms with Gasteiger partial charge in [0.25, 0.3) is 0 Å². The van der Waals surface area contributed by atoms with Crippen molar-refractivity contribution in [3.63, 3.8) is 0 Å². The van der Waals surface area contributed by atoms with Crippen LogP contribution in [0.25, 0.3) is 0 Å². The molecule has 0 radical (unpaired) electrons. The van der Waals surface area contributed by atoms with E-state index in [9.17, 15) is 4.79 Å². The van der Waals surface area contributed by atoms with Crippen LogP contribution in [-0.2, 0) is 16.6 Å². The fourth-order valence-corrected chi connectivity index (χ4v) is 2.91. The molecule has 1 saturated heterocycles. The van der Waals surface area contributed by atoms with Crippen molar-refractivity contribution in [2.45, 2.75) is 24.4 Å². The molecule has 1 aromatic heterocycles. The fraction of sp³-hybridized carbons (Fsp3) is 0.714. The molecule has 0 spiro atoms. The lowest BCUT2D eigenvalue weighted by Gasteiger charge is -2.40. The van der Waals surface area contributed by atoms with Crippen LogP contribution in [0, 0.1) is 0 Å². The maximum absolute atomic E-state index is 12.0. The average Bonchev–Trinajstić information content (AvgIpc) is 2.84. The minimum Gasteiger partial charge on any atom is -0.373 e. The number of hydrogen-bond acceptors (Lipinski definition) is 4. The standard InChI is InChI=1S/C14H23ClN4O2/c1-10(15)14(20)18(3)9-12-13(17(2)5-6-21-12)11-7-16-19(4)8-11/h7-8,10,12-13H,5-6,9H2,1-4H3/t10?,12-,13-/m0/s1. The molecule has 2 rings (SSSR count). The van der Waals surface area contributed by atoms with E-state index < -0.39 is 5.38 Å². The van der Waals surface area contributed by atoms with Crippen LogP contribution >= 0.6 is 11.6 Å². The van der Waals surface area contributed by atoms with Crippen LogP contribution in [-0.4, -0.2) is 70.8 Å². The number of halogens is 1. The average molecular weight is 315 g/mol. The Morgan fingerprint density at radius 1 is 1.62 bits per heavy atom. The number of likely N-dealkylation sites (N-methyl/N-ethyl adjacent to an activating group) is 2. The van der Waals surface area contributed by atoms with Gasteiger partial charge in [0, 0.05) is 38.9 Å². The molecule has 1 aliphatic heterocycles. The van der Waals surface area contributed by atoms with E-state index in [1.807, 2.05) is 19.4 Å². The lowest BCUT2D eigenvalue weighted by Crippen LogP contribution is -2.49. The van der Waals surface area contributed by atoms with Crippen molar-refractivity contribution >= 4 is 17.5 Å². The molecule has 6 nitrogen and oxygen atoms in total. The fourth-order valence-electron chi connectivity index (χ4n) is 2.74. The van der Waals surface area contributed by atoms with Gasteiger partial charge >= 0.3 is 0 Å². The van der Waals surface area contributed by atoms with Crippen LogP contribution in [0.15, 0.2) is 12.4 Å². The first-order valence-corrected chi connectivity index (χ1v) is 7.53. The van der Waals surface area contributed by atoms with E-state index in [2.05, 4.69) is 17.0 Å². The smallest absolute Gasteiger partial charge is 0.240 e. The lowest BCUT2D eigenvalue weighted by molar-refractivity contribution is -0.134. The summed E-state index contributed by atoms with van der Waals surface area (Å²) in [6, 6.07) is 0.0910. The van der Waals surface area contributed by atoms with Gasteiger partial charge in [0.2, 0.25) is 5.91 Å². The number of ether oxygens (including phenoxy) is 1. The van der Waals surface area contributed by atoms with E-state index in [4.69, 9.17) is 16.3 Å². The Morgan fingerprint density at radius 2 is 2.33 bits per heavy atom. The summed E-state index contributed by atoms with van der Waals surface area (Å²) in [5, 5.41) is 3.72. The number of rotatable bonds is 4. The summed E-state index contributed by atoms with van der Waals surface area (Å²) in [6.07, 6.45) is 3.77. The van der Waals surface area contributed by atoms with Crippen LogP contribution in [0.5, 0.6) is 0 Å². The van der Waals surface area contributed by atoms with Crippen LogP contribution in [0.1, 0.15) is 18.5 Å². The first kappa shape index (κ1) is 16.3. The van der Waals surface area contributed by atoms with Gasteiger partial charge in [0.15, 0.2) is 0 Å². The van der Waals surface area contributed by atoms with Gasteiger partial charge in [-0.2, -0.15) is 5.10 Å². The van der Waals surface area contributed by atoms with Crippen molar-refractivity contribution in [2.24, 2.45) is 7.05 Å². The largest absolute Gasteiger partial charge is 0.373 e. The molecule has 21 heavy (non-hydrogen) atoms. The number of morpholine rings is 1. The Kier molecular flexibility index (Phi) is 5.24. The zero-order valence-electron chi connectivity index (χ0n) is 13.0. The second-order valence-corrected chi connectivity index (χ2v) is 6.27. The van der Waals surface area contributed by atoms with Crippen molar-refractivity contribution in [1.82, 2.24) is 19.6 Å². The summed E-state index contributed by atoms with van der Waals surface area (Å²) in [6.45, 7) is 3.72. The third kappa shape index (κ3) is 3.75. The molecule has 118 valence electrons. The second kappa shape index (κ2) is 6.77. The van der Waals surface area contributed by atoms with E-state index in [0.717, 1.165) is 12.1 Å². The molecular weight excluding hydrogens is 292 g/mol. The van der Waals surface area contributed by atoms with Crippen molar-refractivity contribution in [2.75, 3.05) is 33.8 Å². The third-order valence-corrected chi connectivity index (χ3v) is 4.03. The number of amides is 1. The Labute approximate surface area is 130 Å². The van der Waals surface area contributed by atoms with Gasteiger partial charge in [0.05, 0.1) is 24.9 Å². The number of aromatic nitrogens is 2. The first-order chi connectivity index (χ1) is 9.90. The monoisotopic (exact) mass is 314 g/mol. The topological polar surface area (TPSA) is 50.6 Å². The van der Waals surface area contributed by atoms with Gasteiger partial charge in [-0.15, -0.1) is 11.6 Å². The van der Waals surface area contributed by atoms with Gasteiger partial charge in [-0.05, 0) is 14.0 Å². The molecule has 1 unspecified atom stereocenters. The molecule has 1 amide bonds. The summed E-state index contributed by atoms with van der Waals surface area (Å²) < 4.78 is 7.69. The van der Waals surface area contributed by atoms with Crippen LogP contribution < -0.4 is 0 Å². The Bertz CT molecular complexity index is 491. The Balaban J connectivity index is 2.13. The van der Waals surface area contributed by atoms with Gasteiger partial charge in [-0.1, -0.05) is 0 Å². The number of aryl methyl sites for hydroxylation is 1. The van der Waals surface area contributed by atoms with Crippen molar-refractivity contribution in [1.29, 1.82) is 0 Å². The summed E-state index contributed by atoms with van der Waals surface area (Å²) in [7, 11) is 5.73. The van der Waals surface area contributed by atoms with E-state index in [0.29, 0.717) is 13.2 Å². The molecule has 2 heterocycles. The number of carbonyl (C=O) groups is 1. The lowest BCUT2D eigenvalue weighted by atomic mass is 10.0. The molecule has 1 fully saturated rings. The molecule has 0 saturated carbocycles. The van der Waals surface area contributed by atoms with Crippen LogP contribution in [0.3, 0.4) is 0 Å². The molecule has 0 aliphatic carbocycles. The van der Waals surface area contributed by atoms with Crippen LogP contribution in [0.2, 0.25) is 0 Å². The van der Waals surface area contributed by atoms with E-state index in [1.165, 1.54) is 0 Å². The zero-order valence-corrected chi connectivity index (χ0v) is 13.7. The summed E-state index contributed by atoms with van der Waals surface area (Å²) >= 11 is 5.87. The number of alkyl halides is 1. The maximum atomic E-state index is 12.0. The predicted molar refractivity (Wildman–Crippen MR) is 81.3 cm³/mol. The van der Waals surface area contributed by atoms with E-state index in [-0.39, 0.29) is 18.1 Å². The van der Waals surface area contributed by atoms with Gasteiger partial charge < -0.3 is 9.64 Å². The third-order valence-electron chi connectivity index (χ3n) is 3.84. The van der Waals surface area contributed by atoms with Crippen LogP contribution in [0.4, 0.5) is 0 Å². The molecule has 0 aromatic carbocycles. The highest BCUT2D eigenvalue weighted by atomic mass is 35.5. The summed E-state index contributed by atoms with van der Waals surface area (Å²) in [5.74, 6) is -0.0848. The molecule has 3 atom stereocenters. The van der Waals surface area contributed by atoms with Gasteiger partial charge in [-0.3, -0.25) is 14.4 Å². The summed E-state index contributed by atoms with van der Waals surface area (Å²) in [5.41, 5.74) is 1.10. The highest BCUT2D eigenvalue weighted by Crippen LogP contribution is 2.28. The van der Waals surface area contributed by atoms with Gasteiger partial charge in [0.1, 0.15) is 5.38 Å². The number of hydrogen-bond donors (Lipinski definition) is 0. The van der Waals surface area contributed by atoms with Crippen molar-refractivity contribution < 1.29 is 9.53 Å². The molecule has 1 aromatic rings. The molecule has 0 bridgehead atoms. The molecular formula is C14H23ClN4O2. The van der Waals surface area contributed by atoms with Gasteiger partial charge in [-0.25, -0.2) is 0 Å². The van der Waals surface area contributed by atoms with E-state index >= 15 is 0 Å². The Hall–Kier alpha value is -1.11. The first-order valence-electron chi connectivity index (χ1n) is 7.09. The van der Waals surface area contributed by atoms with Crippen molar-refractivity contribution in [3.05, 3.63) is 18.0 Å². The second-order valence-electron chi connectivity index (χ2n) is 5.62. The molecule has 1 aliphatic rings. The highest BCUT2D eigenvalue weighted by molar-refractivity contribution is 6.30.